The Balaban J connectivity index is 2.29. The summed E-state index contributed by atoms with van der Waals surface area (Å²) in [7, 11) is 0. The highest BCUT2D eigenvalue weighted by molar-refractivity contribution is 7.99. The molecule has 0 spiro atoms. The Morgan fingerprint density at radius 1 is 1.43 bits per heavy atom. The van der Waals surface area contributed by atoms with E-state index in [-0.39, 0.29) is 10.5 Å². The van der Waals surface area contributed by atoms with Gasteiger partial charge in [0.15, 0.2) is 5.75 Å². The van der Waals surface area contributed by atoms with E-state index in [0.29, 0.717) is 17.4 Å². The first-order valence-electron chi connectivity index (χ1n) is 6.40. The van der Waals surface area contributed by atoms with Gasteiger partial charge in [-0.15, -0.1) is 0 Å². The van der Waals surface area contributed by atoms with E-state index < -0.39 is 11.8 Å². The first-order chi connectivity index (χ1) is 10.1. The molecule has 0 aliphatic carbocycles. The fourth-order valence-electron chi connectivity index (χ4n) is 1.59. The zero-order valence-electron chi connectivity index (χ0n) is 11.4. The van der Waals surface area contributed by atoms with Gasteiger partial charge in [0, 0.05) is 6.20 Å². The van der Waals surface area contributed by atoms with E-state index in [1.165, 1.54) is 12.1 Å². The van der Waals surface area contributed by atoms with Crippen molar-refractivity contribution in [2.24, 2.45) is 0 Å². The van der Waals surface area contributed by atoms with Crippen LogP contribution in [-0.4, -0.2) is 22.7 Å². The van der Waals surface area contributed by atoms with Crippen molar-refractivity contribution in [3.63, 3.8) is 0 Å². The van der Waals surface area contributed by atoms with Gasteiger partial charge in [0.25, 0.3) is 0 Å². The summed E-state index contributed by atoms with van der Waals surface area (Å²) in [5, 5.41) is 9.47. The molecular weight excluding hydrogens is 293 g/mol. The van der Waals surface area contributed by atoms with E-state index in [1.807, 2.05) is 6.92 Å². The van der Waals surface area contributed by atoms with Crippen LogP contribution >= 0.6 is 11.8 Å². The van der Waals surface area contributed by atoms with Crippen LogP contribution in [0.2, 0.25) is 0 Å². The molecule has 0 amide bonds. The lowest BCUT2D eigenvalue weighted by atomic mass is 10.2. The Labute approximate surface area is 126 Å². The van der Waals surface area contributed by atoms with Crippen molar-refractivity contribution in [1.29, 1.82) is 0 Å². The van der Waals surface area contributed by atoms with Crippen LogP contribution in [0.1, 0.15) is 23.7 Å². The Kier molecular flexibility index (Phi) is 5.16. The third-order valence-corrected chi connectivity index (χ3v) is 3.62. The third kappa shape index (κ3) is 3.95. The number of pyridine rings is 1. The van der Waals surface area contributed by atoms with Crippen molar-refractivity contribution < 1.29 is 19.0 Å². The summed E-state index contributed by atoms with van der Waals surface area (Å²) < 4.78 is 19.4. The highest BCUT2D eigenvalue weighted by Gasteiger charge is 2.13. The van der Waals surface area contributed by atoms with E-state index in [0.717, 1.165) is 24.2 Å². The largest absolute Gasteiger partial charge is 0.491 e. The number of hydrogen-bond donors (Lipinski definition) is 1. The molecule has 110 valence electrons. The summed E-state index contributed by atoms with van der Waals surface area (Å²) >= 11 is 1.05. The molecule has 21 heavy (non-hydrogen) atoms. The zero-order chi connectivity index (χ0) is 15.2. The third-order valence-electron chi connectivity index (χ3n) is 2.58. The second-order valence-electron chi connectivity index (χ2n) is 4.21. The van der Waals surface area contributed by atoms with Gasteiger partial charge in [0.2, 0.25) is 0 Å². The quantitative estimate of drug-likeness (QED) is 0.878. The second-order valence-corrected chi connectivity index (χ2v) is 5.24. The predicted molar refractivity (Wildman–Crippen MR) is 77.5 cm³/mol. The molecule has 0 aliphatic heterocycles. The van der Waals surface area contributed by atoms with Gasteiger partial charge in [-0.3, -0.25) is 0 Å². The molecule has 2 rings (SSSR count). The molecule has 4 nitrogen and oxygen atoms in total. The Bertz CT molecular complexity index is 649. The summed E-state index contributed by atoms with van der Waals surface area (Å²) in [6.45, 7) is 2.52. The first kappa shape index (κ1) is 15.3. The normalized spacial score (nSPS) is 10.4. The van der Waals surface area contributed by atoms with Crippen LogP contribution in [0.25, 0.3) is 0 Å². The number of nitrogens with zero attached hydrogens (tertiary/aromatic N) is 1. The molecule has 1 aromatic heterocycles. The van der Waals surface area contributed by atoms with Gasteiger partial charge in [-0.2, -0.15) is 0 Å². The first-order valence-corrected chi connectivity index (χ1v) is 7.22. The van der Waals surface area contributed by atoms with Crippen molar-refractivity contribution in [2.45, 2.75) is 23.3 Å². The minimum Gasteiger partial charge on any atom is -0.491 e. The molecule has 1 N–H and O–H groups in total. The molecule has 0 saturated carbocycles. The molecule has 2 aromatic rings. The average Bonchev–Trinajstić information content (AvgIpc) is 2.48. The van der Waals surface area contributed by atoms with E-state index >= 15 is 0 Å². The Morgan fingerprint density at radius 2 is 2.24 bits per heavy atom. The van der Waals surface area contributed by atoms with E-state index in [9.17, 15) is 9.18 Å². The lowest BCUT2D eigenvalue weighted by molar-refractivity contribution is 0.0696. The summed E-state index contributed by atoms with van der Waals surface area (Å²) in [6, 6.07) is 7.15. The summed E-state index contributed by atoms with van der Waals surface area (Å²) in [5.74, 6) is -1.03. The van der Waals surface area contributed by atoms with E-state index in [2.05, 4.69) is 4.98 Å². The molecule has 0 bridgehead atoms. The van der Waals surface area contributed by atoms with Crippen LogP contribution in [-0.2, 0) is 0 Å². The molecule has 0 fully saturated rings. The van der Waals surface area contributed by atoms with Crippen LogP contribution in [0.15, 0.2) is 46.5 Å². The molecule has 6 heteroatoms. The van der Waals surface area contributed by atoms with Crippen LogP contribution in [0.5, 0.6) is 5.75 Å². The molecule has 0 atom stereocenters. The van der Waals surface area contributed by atoms with Crippen molar-refractivity contribution in [3.05, 3.63) is 47.9 Å². The zero-order valence-corrected chi connectivity index (χ0v) is 12.2. The topological polar surface area (TPSA) is 59.4 Å². The van der Waals surface area contributed by atoms with Gasteiger partial charge in [-0.25, -0.2) is 14.2 Å². The highest BCUT2D eigenvalue weighted by atomic mass is 32.2. The molecule has 0 radical (unpaired) electrons. The van der Waals surface area contributed by atoms with Gasteiger partial charge < -0.3 is 9.84 Å². The maximum atomic E-state index is 13.8. The number of rotatable bonds is 6. The number of aromatic nitrogens is 1. The van der Waals surface area contributed by atoms with Crippen molar-refractivity contribution in [3.8, 4) is 5.75 Å². The standard InChI is InChI=1S/C15H14FNO3S/c1-2-8-20-12-4-3-7-17-14(12)21-13-9-10(15(18)19)5-6-11(13)16/h3-7,9H,2,8H2,1H3,(H,18,19). The van der Waals surface area contributed by atoms with Crippen LogP contribution in [0, 0.1) is 5.82 Å². The lowest BCUT2D eigenvalue weighted by Crippen LogP contribution is -1.99. The smallest absolute Gasteiger partial charge is 0.335 e. The minimum atomic E-state index is -1.10. The number of halogens is 1. The predicted octanol–water partition coefficient (Wildman–Crippen LogP) is 3.86. The molecule has 0 saturated heterocycles. The Hall–Kier alpha value is -2.08. The van der Waals surface area contributed by atoms with E-state index in [1.54, 1.807) is 18.3 Å². The minimum absolute atomic E-state index is 0.0332. The molecule has 1 heterocycles. The fraction of sp³-hybridized carbons (Fsp3) is 0.200. The molecule has 0 aliphatic rings. The Morgan fingerprint density at radius 3 is 2.95 bits per heavy atom. The number of benzene rings is 1. The summed E-state index contributed by atoms with van der Waals surface area (Å²) in [5.41, 5.74) is 0.0332. The number of hydrogen-bond acceptors (Lipinski definition) is 4. The van der Waals surface area contributed by atoms with Gasteiger partial charge in [-0.1, -0.05) is 18.7 Å². The van der Waals surface area contributed by atoms with Crippen LogP contribution in [0.4, 0.5) is 4.39 Å². The number of carboxylic acids is 1. The lowest BCUT2D eigenvalue weighted by Gasteiger charge is -2.10. The number of aromatic carboxylic acids is 1. The fourth-order valence-corrected chi connectivity index (χ4v) is 2.49. The molecule has 0 unspecified atom stereocenters. The molecule has 1 aromatic carbocycles. The number of ether oxygens (including phenoxy) is 1. The van der Waals surface area contributed by atoms with Crippen molar-refractivity contribution >= 4 is 17.7 Å². The van der Waals surface area contributed by atoms with Crippen LogP contribution in [0.3, 0.4) is 0 Å². The SMILES string of the molecule is CCCOc1cccnc1Sc1cc(C(=O)O)ccc1F. The second kappa shape index (κ2) is 7.08. The summed E-state index contributed by atoms with van der Waals surface area (Å²) in [6.07, 6.45) is 2.43. The summed E-state index contributed by atoms with van der Waals surface area (Å²) in [4.78, 5) is 15.3. The van der Waals surface area contributed by atoms with Crippen molar-refractivity contribution in [2.75, 3.05) is 6.61 Å². The number of carbonyl (C=O) groups is 1. The molecular formula is C15H14FNO3S. The van der Waals surface area contributed by atoms with Gasteiger partial charge >= 0.3 is 5.97 Å². The van der Waals surface area contributed by atoms with E-state index in [4.69, 9.17) is 9.84 Å². The highest BCUT2D eigenvalue weighted by Crippen LogP contribution is 2.34. The monoisotopic (exact) mass is 307 g/mol. The maximum Gasteiger partial charge on any atom is 0.335 e. The maximum absolute atomic E-state index is 13.8. The van der Waals surface area contributed by atoms with Gasteiger partial charge in [0.05, 0.1) is 17.1 Å². The van der Waals surface area contributed by atoms with Crippen LogP contribution < -0.4 is 4.74 Å². The van der Waals surface area contributed by atoms with Crippen molar-refractivity contribution in [1.82, 2.24) is 4.98 Å². The number of carboxylic acid groups (broad SMARTS) is 1. The van der Waals surface area contributed by atoms with Gasteiger partial charge in [0.1, 0.15) is 10.8 Å². The van der Waals surface area contributed by atoms with Gasteiger partial charge in [-0.05, 0) is 36.8 Å². The average molecular weight is 307 g/mol.